The molecule has 0 unspecified atom stereocenters. The monoisotopic (exact) mass is 474 g/mol. The van der Waals surface area contributed by atoms with Gasteiger partial charge < -0.3 is 24.8 Å². The molecule has 0 aromatic heterocycles. The van der Waals surface area contributed by atoms with Crippen molar-refractivity contribution in [1.29, 1.82) is 0 Å². The number of benzene rings is 1. The Morgan fingerprint density at radius 1 is 1.32 bits per heavy atom. The van der Waals surface area contributed by atoms with Gasteiger partial charge in [-0.15, -0.1) is 0 Å². The summed E-state index contributed by atoms with van der Waals surface area (Å²) < 4.78 is 10.6. The van der Waals surface area contributed by atoms with Crippen molar-refractivity contribution in [2.45, 2.75) is 58.0 Å². The Labute approximate surface area is 204 Å². The molecule has 0 saturated heterocycles. The topological polar surface area (TPSA) is 88.1 Å². The molecule has 0 aliphatic heterocycles. The Morgan fingerprint density at radius 3 is 2.76 bits per heavy atom. The molecule has 7 nitrogen and oxygen atoms in total. The average Bonchev–Trinajstić information content (AvgIpc) is 2.77. The van der Waals surface area contributed by atoms with Crippen LogP contribution < -0.4 is 10.1 Å². The van der Waals surface area contributed by atoms with Gasteiger partial charge in [-0.05, 0) is 62.9 Å². The highest BCUT2D eigenvalue weighted by molar-refractivity contribution is 5.71. The van der Waals surface area contributed by atoms with Gasteiger partial charge in [-0.25, -0.2) is 4.79 Å². The van der Waals surface area contributed by atoms with E-state index in [2.05, 4.69) is 30.6 Å². The Kier molecular flexibility index (Phi) is 11.1. The lowest BCUT2D eigenvalue weighted by Gasteiger charge is -2.41. The summed E-state index contributed by atoms with van der Waals surface area (Å²) in [6.07, 6.45) is 5.70. The van der Waals surface area contributed by atoms with Crippen molar-refractivity contribution >= 4 is 12.1 Å². The van der Waals surface area contributed by atoms with Crippen LogP contribution in [0.4, 0.5) is 4.79 Å². The fraction of sp³-hybridized carbons (Fsp3) is 0.630. The molecule has 0 spiro atoms. The molecule has 7 heteroatoms. The predicted molar refractivity (Wildman–Crippen MR) is 134 cm³/mol. The second-order valence-electron chi connectivity index (χ2n) is 10.1. The van der Waals surface area contributed by atoms with Gasteiger partial charge in [0.1, 0.15) is 12.4 Å². The van der Waals surface area contributed by atoms with Gasteiger partial charge in [-0.2, -0.15) is 0 Å². The lowest BCUT2D eigenvalue weighted by Crippen LogP contribution is -2.43. The number of aliphatic hydroxyl groups is 1. The van der Waals surface area contributed by atoms with Crippen LogP contribution >= 0.6 is 0 Å². The van der Waals surface area contributed by atoms with E-state index in [0.717, 1.165) is 37.8 Å². The summed E-state index contributed by atoms with van der Waals surface area (Å²) in [6.45, 7) is 8.99. The maximum absolute atomic E-state index is 12.5. The predicted octanol–water partition coefficient (Wildman–Crippen LogP) is 4.50. The summed E-state index contributed by atoms with van der Waals surface area (Å²) in [7, 11) is 4.04. The van der Waals surface area contributed by atoms with Crippen molar-refractivity contribution in [3.05, 3.63) is 42.5 Å². The van der Waals surface area contributed by atoms with Crippen molar-refractivity contribution < 1.29 is 24.2 Å². The van der Waals surface area contributed by atoms with Gasteiger partial charge in [0.15, 0.2) is 0 Å². The van der Waals surface area contributed by atoms with Gasteiger partial charge >= 0.3 is 12.1 Å². The first-order valence-electron chi connectivity index (χ1n) is 12.3. The molecule has 0 radical (unpaired) electrons. The van der Waals surface area contributed by atoms with E-state index in [1.165, 1.54) is 6.08 Å². The van der Waals surface area contributed by atoms with E-state index in [9.17, 15) is 14.7 Å². The fourth-order valence-electron chi connectivity index (χ4n) is 4.84. The van der Waals surface area contributed by atoms with Crippen LogP contribution in [-0.4, -0.2) is 55.9 Å². The van der Waals surface area contributed by atoms with E-state index in [4.69, 9.17) is 9.47 Å². The largest absolute Gasteiger partial charge is 0.461 e. The number of carbonyl (C=O) groups is 2. The molecule has 1 fully saturated rings. The van der Waals surface area contributed by atoms with E-state index in [1.54, 1.807) is 12.1 Å². The van der Waals surface area contributed by atoms with E-state index in [1.807, 2.05) is 26.2 Å². The quantitative estimate of drug-likeness (QED) is 0.343. The summed E-state index contributed by atoms with van der Waals surface area (Å²) in [5.74, 6) is 0.534. The normalized spacial score (nSPS) is 21.2. The van der Waals surface area contributed by atoms with Crippen LogP contribution in [0.15, 0.2) is 36.9 Å². The van der Waals surface area contributed by atoms with Crippen LogP contribution in [-0.2, 0) is 15.1 Å². The standard InChI is InChI=1S/C27H42N2O5/c1-6-14-33-25(30)16-21(15-20(2)3)18-28-26(31)34-24-12-9-11-22(17-24)27(32)13-8-7-10-23(27)19-29(4)5/h6,9,11-12,17,20-21,23,32H,1,7-8,10,13-16,18-19H2,2-5H3,(H,28,31)/t21-,23-,27+/m1/s1. The molecule has 1 aromatic carbocycles. The smallest absolute Gasteiger partial charge is 0.412 e. The van der Waals surface area contributed by atoms with Gasteiger partial charge in [0.2, 0.25) is 0 Å². The molecule has 34 heavy (non-hydrogen) atoms. The number of ether oxygens (including phenoxy) is 2. The molecule has 3 atom stereocenters. The van der Waals surface area contributed by atoms with Gasteiger partial charge in [0.25, 0.3) is 0 Å². The first-order chi connectivity index (χ1) is 16.1. The van der Waals surface area contributed by atoms with Crippen molar-refractivity contribution in [3.63, 3.8) is 0 Å². The number of esters is 1. The highest BCUT2D eigenvalue weighted by Gasteiger charge is 2.40. The summed E-state index contributed by atoms with van der Waals surface area (Å²) >= 11 is 0. The third kappa shape index (κ3) is 8.76. The molecule has 190 valence electrons. The van der Waals surface area contributed by atoms with E-state index in [-0.39, 0.29) is 30.8 Å². The third-order valence-corrected chi connectivity index (χ3v) is 6.32. The molecular formula is C27H42N2O5. The Balaban J connectivity index is 2.00. The first-order valence-corrected chi connectivity index (χ1v) is 12.3. The highest BCUT2D eigenvalue weighted by Crippen LogP contribution is 2.42. The fourth-order valence-corrected chi connectivity index (χ4v) is 4.84. The van der Waals surface area contributed by atoms with Crippen LogP contribution in [0.1, 0.15) is 57.9 Å². The molecule has 0 bridgehead atoms. The van der Waals surface area contributed by atoms with E-state index < -0.39 is 11.7 Å². The van der Waals surface area contributed by atoms with Crippen molar-refractivity contribution in [1.82, 2.24) is 10.2 Å². The number of rotatable bonds is 12. The molecule has 1 aliphatic carbocycles. The van der Waals surface area contributed by atoms with Crippen LogP contribution in [0, 0.1) is 17.8 Å². The molecule has 1 amide bonds. The molecule has 1 aromatic rings. The second kappa shape index (κ2) is 13.5. The number of amides is 1. The molecule has 2 rings (SSSR count). The zero-order valence-corrected chi connectivity index (χ0v) is 21.2. The van der Waals surface area contributed by atoms with Gasteiger partial charge in [-0.3, -0.25) is 4.79 Å². The van der Waals surface area contributed by atoms with Crippen LogP contribution in [0.5, 0.6) is 5.75 Å². The van der Waals surface area contributed by atoms with Crippen molar-refractivity contribution in [2.24, 2.45) is 17.8 Å². The molecule has 0 heterocycles. The lowest BCUT2D eigenvalue weighted by molar-refractivity contribution is -0.143. The maximum Gasteiger partial charge on any atom is 0.412 e. The van der Waals surface area contributed by atoms with E-state index >= 15 is 0 Å². The van der Waals surface area contributed by atoms with Crippen LogP contribution in [0.2, 0.25) is 0 Å². The SMILES string of the molecule is C=CCOC(=O)C[C@H](CNC(=O)Oc1cccc([C@@]2(O)CCCC[C@@H]2CN(C)C)c1)CC(C)C. The average molecular weight is 475 g/mol. The number of hydrogen-bond donors (Lipinski definition) is 2. The van der Waals surface area contributed by atoms with Crippen molar-refractivity contribution in [2.75, 3.05) is 33.8 Å². The first kappa shape index (κ1) is 27.9. The summed E-state index contributed by atoms with van der Waals surface area (Å²) in [5, 5.41) is 14.4. The highest BCUT2D eigenvalue weighted by atomic mass is 16.6. The molecule has 1 aliphatic rings. The molecule has 1 saturated carbocycles. The van der Waals surface area contributed by atoms with Gasteiger partial charge in [0.05, 0.1) is 12.0 Å². The van der Waals surface area contributed by atoms with Gasteiger partial charge in [-0.1, -0.05) is 51.5 Å². The number of nitrogens with one attached hydrogen (secondary N) is 1. The van der Waals surface area contributed by atoms with Crippen molar-refractivity contribution in [3.8, 4) is 5.75 Å². The maximum atomic E-state index is 12.5. The van der Waals surface area contributed by atoms with Gasteiger partial charge in [0, 0.05) is 19.0 Å². The minimum atomic E-state index is -0.938. The Hall–Kier alpha value is -2.38. The minimum Gasteiger partial charge on any atom is -0.461 e. The van der Waals surface area contributed by atoms with E-state index in [0.29, 0.717) is 24.6 Å². The Bertz CT molecular complexity index is 810. The number of nitrogens with zero attached hydrogens (tertiary/aromatic N) is 1. The summed E-state index contributed by atoms with van der Waals surface area (Å²) in [5.41, 5.74) is -0.154. The van der Waals surface area contributed by atoms with Crippen LogP contribution in [0.25, 0.3) is 0 Å². The van der Waals surface area contributed by atoms with Crippen LogP contribution in [0.3, 0.4) is 0 Å². The summed E-state index contributed by atoms with van der Waals surface area (Å²) in [4.78, 5) is 26.6. The number of carbonyl (C=O) groups excluding carboxylic acids is 2. The second-order valence-corrected chi connectivity index (χ2v) is 10.1. The lowest BCUT2D eigenvalue weighted by atomic mass is 9.71. The molecule has 2 N–H and O–H groups in total. The molecular weight excluding hydrogens is 432 g/mol. The minimum absolute atomic E-state index is 0.0501. The summed E-state index contributed by atoms with van der Waals surface area (Å²) in [6, 6.07) is 7.21. The third-order valence-electron chi connectivity index (χ3n) is 6.32. The zero-order valence-electron chi connectivity index (χ0n) is 21.2. The number of hydrogen-bond acceptors (Lipinski definition) is 6. The Morgan fingerprint density at radius 2 is 2.09 bits per heavy atom. The zero-order chi connectivity index (χ0) is 25.1.